The first-order valence-corrected chi connectivity index (χ1v) is 7.38. The molecule has 0 heterocycles. The number of rotatable bonds is 4. The lowest BCUT2D eigenvalue weighted by Crippen LogP contribution is -2.15. The smallest absolute Gasteiger partial charge is 0.122 e. The van der Waals surface area contributed by atoms with Crippen molar-refractivity contribution < 1.29 is 4.74 Å². The summed E-state index contributed by atoms with van der Waals surface area (Å²) in [6.45, 7) is 8.42. The third-order valence-electron chi connectivity index (χ3n) is 3.92. The molecule has 0 spiro atoms. The molecule has 2 aromatic rings. The van der Waals surface area contributed by atoms with Crippen LogP contribution in [0, 0.1) is 27.7 Å². The molecule has 0 aliphatic heterocycles. The van der Waals surface area contributed by atoms with E-state index in [4.69, 9.17) is 10.5 Å². The summed E-state index contributed by atoms with van der Waals surface area (Å²) in [5, 5.41) is 0. The molecule has 1 unspecified atom stereocenters. The van der Waals surface area contributed by atoms with Gasteiger partial charge in [-0.1, -0.05) is 35.4 Å². The van der Waals surface area contributed by atoms with Gasteiger partial charge in [-0.3, -0.25) is 0 Å². The SMILES string of the molecule is COc1cc(C)c(C(N)Cc2cc(C)cc(C)c2)cc1C. The molecule has 0 aliphatic carbocycles. The molecule has 0 fully saturated rings. The van der Waals surface area contributed by atoms with Crippen molar-refractivity contribution in [1.29, 1.82) is 0 Å². The van der Waals surface area contributed by atoms with Crippen LogP contribution in [-0.2, 0) is 6.42 Å². The molecule has 0 amide bonds. The van der Waals surface area contributed by atoms with Crippen LogP contribution in [0.4, 0.5) is 0 Å². The molecule has 1 atom stereocenters. The molecule has 2 rings (SSSR count). The van der Waals surface area contributed by atoms with Gasteiger partial charge < -0.3 is 10.5 Å². The first kappa shape index (κ1) is 15.6. The zero-order chi connectivity index (χ0) is 15.6. The number of ether oxygens (including phenoxy) is 1. The molecular formula is C19H25NO. The summed E-state index contributed by atoms with van der Waals surface area (Å²) in [4.78, 5) is 0. The fraction of sp³-hybridized carbons (Fsp3) is 0.368. The summed E-state index contributed by atoms with van der Waals surface area (Å²) in [6.07, 6.45) is 0.856. The van der Waals surface area contributed by atoms with E-state index in [1.54, 1.807) is 7.11 Å². The molecule has 112 valence electrons. The maximum absolute atomic E-state index is 6.45. The maximum atomic E-state index is 6.45. The molecule has 2 nitrogen and oxygen atoms in total. The average molecular weight is 283 g/mol. The zero-order valence-electron chi connectivity index (χ0n) is 13.7. The van der Waals surface area contributed by atoms with E-state index in [0.29, 0.717) is 0 Å². The highest BCUT2D eigenvalue weighted by molar-refractivity contribution is 5.43. The van der Waals surface area contributed by atoms with Crippen LogP contribution >= 0.6 is 0 Å². The van der Waals surface area contributed by atoms with Crippen molar-refractivity contribution >= 4 is 0 Å². The Hall–Kier alpha value is -1.80. The van der Waals surface area contributed by atoms with E-state index in [1.807, 2.05) is 0 Å². The predicted octanol–water partition coefficient (Wildman–Crippen LogP) is 4.17. The number of aryl methyl sites for hydroxylation is 4. The summed E-state index contributed by atoms with van der Waals surface area (Å²) < 4.78 is 5.37. The minimum Gasteiger partial charge on any atom is -0.496 e. The van der Waals surface area contributed by atoms with Crippen molar-refractivity contribution in [2.75, 3.05) is 7.11 Å². The number of hydrogen-bond donors (Lipinski definition) is 1. The van der Waals surface area contributed by atoms with E-state index in [9.17, 15) is 0 Å². The van der Waals surface area contributed by atoms with Gasteiger partial charge in [0.25, 0.3) is 0 Å². The molecule has 2 heteroatoms. The van der Waals surface area contributed by atoms with Gasteiger partial charge in [-0.2, -0.15) is 0 Å². The Labute approximate surface area is 127 Å². The lowest BCUT2D eigenvalue weighted by molar-refractivity contribution is 0.411. The van der Waals surface area contributed by atoms with E-state index in [2.05, 4.69) is 58.0 Å². The van der Waals surface area contributed by atoms with Gasteiger partial charge >= 0.3 is 0 Å². The molecule has 0 bridgehead atoms. The third kappa shape index (κ3) is 3.64. The highest BCUT2D eigenvalue weighted by Gasteiger charge is 2.13. The summed E-state index contributed by atoms with van der Waals surface area (Å²) in [5.74, 6) is 0.926. The predicted molar refractivity (Wildman–Crippen MR) is 89.0 cm³/mol. The Morgan fingerprint density at radius 3 is 2.10 bits per heavy atom. The Morgan fingerprint density at radius 1 is 0.905 bits per heavy atom. The molecule has 2 aromatic carbocycles. The monoisotopic (exact) mass is 283 g/mol. The van der Waals surface area contributed by atoms with Gasteiger partial charge in [0.1, 0.15) is 5.75 Å². The van der Waals surface area contributed by atoms with Crippen LogP contribution in [-0.4, -0.2) is 7.11 Å². The fourth-order valence-electron chi connectivity index (χ4n) is 2.98. The lowest BCUT2D eigenvalue weighted by Gasteiger charge is -2.18. The number of benzene rings is 2. The van der Waals surface area contributed by atoms with E-state index in [0.717, 1.165) is 17.7 Å². The zero-order valence-corrected chi connectivity index (χ0v) is 13.7. The molecule has 0 saturated heterocycles. The Bertz CT molecular complexity index is 626. The molecular weight excluding hydrogens is 258 g/mol. The van der Waals surface area contributed by atoms with Crippen LogP contribution in [0.15, 0.2) is 30.3 Å². The standard InChI is InChI=1S/C19H25NO/c1-12-6-13(2)8-16(7-12)11-18(20)17-9-15(4)19(21-5)10-14(17)3/h6-10,18H,11,20H2,1-5H3. The third-order valence-corrected chi connectivity index (χ3v) is 3.92. The summed E-state index contributed by atoms with van der Waals surface area (Å²) >= 11 is 0. The first-order chi connectivity index (χ1) is 9.90. The molecule has 0 aromatic heterocycles. The topological polar surface area (TPSA) is 35.2 Å². The van der Waals surface area contributed by atoms with Crippen molar-refractivity contribution in [1.82, 2.24) is 0 Å². The summed E-state index contributed by atoms with van der Waals surface area (Å²) in [5.41, 5.74) is 13.9. The number of hydrogen-bond acceptors (Lipinski definition) is 2. The van der Waals surface area contributed by atoms with E-state index >= 15 is 0 Å². The number of nitrogens with two attached hydrogens (primary N) is 1. The van der Waals surface area contributed by atoms with Crippen molar-refractivity contribution in [3.05, 3.63) is 63.7 Å². The van der Waals surface area contributed by atoms with Crippen molar-refractivity contribution in [3.8, 4) is 5.75 Å². The van der Waals surface area contributed by atoms with Gasteiger partial charge in [0.05, 0.1) is 7.11 Å². The van der Waals surface area contributed by atoms with Crippen LogP contribution in [0.1, 0.15) is 39.4 Å². The molecule has 0 saturated carbocycles. The van der Waals surface area contributed by atoms with Crippen LogP contribution < -0.4 is 10.5 Å². The normalized spacial score (nSPS) is 12.3. The second kappa shape index (κ2) is 6.31. The van der Waals surface area contributed by atoms with Gasteiger partial charge in [-0.15, -0.1) is 0 Å². The Kier molecular flexibility index (Phi) is 4.69. The Balaban J connectivity index is 2.28. The molecule has 21 heavy (non-hydrogen) atoms. The van der Waals surface area contributed by atoms with E-state index < -0.39 is 0 Å². The quantitative estimate of drug-likeness (QED) is 0.914. The fourth-order valence-corrected chi connectivity index (χ4v) is 2.98. The first-order valence-electron chi connectivity index (χ1n) is 7.38. The van der Waals surface area contributed by atoms with Crippen molar-refractivity contribution in [3.63, 3.8) is 0 Å². The van der Waals surface area contributed by atoms with E-state index in [1.165, 1.54) is 27.8 Å². The minimum atomic E-state index is 0.0100. The van der Waals surface area contributed by atoms with Gasteiger partial charge in [-0.05, 0) is 62.4 Å². The van der Waals surface area contributed by atoms with Gasteiger partial charge in [0.15, 0.2) is 0 Å². The Morgan fingerprint density at radius 2 is 1.52 bits per heavy atom. The lowest BCUT2D eigenvalue weighted by atomic mass is 9.93. The second-order valence-electron chi connectivity index (χ2n) is 5.98. The van der Waals surface area contributed by atoms with E-state index in [-0.39, 0.29) is 6.04 Å². The van der Waals surface area contributed by atoms with Crippen LogP contribution in [0.3, 0.4) is 0 Å². The second-order valence-corrected chi connectivity index (χ2v) is 5.98. The summed E-state index contributed by atoms with van der Waals surface area (Å²) in [6, 6.07) is 10.9. The van der Waals surface area contributed by atoms with Gasteiger partial charge in [0.2, 0.25) is 0 Å². The highest BCUT2D eigenvalue weighted by atomic mass is 16.5. The molecule has 0 radical (unpaired) electrons. The van der Waals surface area contributed by atoms with Crippen molar-refractivity contribution in [2.24, 2.45) is 5.73 Å². The highest BCUT2D eigenvalue weighted by Crippen LogP contribution is 2.27. The van der Waals surface area contributed by atoms with Gasteiger partial charge in [0, 0.05) is 6.04 Å². The van der Waals surface area contributed by atoms with Crippen LogP contribution in [0.2, 0.25) is 0 Å². The summed E-state index contributed by atoms with van der Waals surface area (Å²) in [7, 11) is 1.71. The average Bonchev–Trinajstić information content (AvgIpc) is 2.39. The minimum absolute atomic E-state index is 0.0100. The largest absolute Gasteiger partial charge is 0.496 e. The maximum Gasteiger partial charge on any atom is 0.122 e. The number of methoxy groups -OCH3 is 1. The molecule has 0 aliphatic rings. The van der Waals surface area contributed by atoms with Crippen molar-refractivity contribution in [2.45, 2.75) is 40.2 Å². The molecule has 2 N–H and O–H groups in total. The van der Waals surface area contributed by atoms with Crippen LogP contribution in [0.5, 0.6) is 5.75 Å². The van der Waals surface area contributed by atoms with Crippen LogP contribution in [0.25, 0.3) is 0 Å². The van der Waals surface area contributed by atoms with Gasteiger partial charge in [-0.25, -0.2) is 0 Å².